The molecule has 0 atom stereocenters. The maximum Gasteiger partial charge on any atom is 0.231 e. The van der Waals surface area contributed by atoms with Crippen molar-refractivity contribution < 1.29 is 14.3 Å². The monoisotopic (exact) mass is 414 g/mol. The first-order valence-electron chi connectivity index (χ1n) is 9.96. The standard InChI is InChI=1S/C24H22N4O3/c1-15(29)27(2)19-6-4-5-16(9-19)20-10-17-13-25-24(12-21(17)28(20)3)26-18-7-8-22-23(11-18)31-14-30-22/h4-13H,14H2,1-3H3,(H,25,26). The molecule has 0 bridgehead atoms. The summed E-state index contributed by atoms with van der Waals surface area (Å²) in [5, 5.41) is 4.38. The van der Waals surface area contributed by atoms with Crippen molar-refractivity contribution in [3.05, 3.63) is 60.8 Å². The van der Waals surface area contributed by atoms with Gasteiger partial charge in [-0.05, 0) is 30.3 Å². The zero-order valence-electron chi connectivity index (χ0n) is 17.5. The van der Waals surface area contributed by atoms with Gasteiger partial charge in [-0.3, -0.25) is 4.79 Å². The number of carbonyl (C=O) groups excluding carboxylic acids is 1. The van der Waals surface area contributed by atoms with Crippen LogP contribution >= 0.6 is 0 Å². The largest absolute Gasteiger partial charge is 0.454 e. The number of nitrogens with zero attached hydrogens (tertiary/aromatic N) is 3. The molecule has 7 nitrogen and oxygen atoms in total. The number of hydrogen-bond acceptors (Lipinski definition) is 5. The molecule has 0 aliphatic carbocycles. The van der Waals surface area contributed by atoms with Crippen LogP contribution in [0.15, 0.2) is 60.8 Å². The minimum atomic E-state index is -0.00220. The molecule has 31 heavy (non-hydrogen) atoms. The van der Waals surface area contributed by atoms with Crippen molar-refractivity contribution in [1.82, 2.24) is 9.55 Å². The van der Waals surface area contributed by atoms with Crippen molar-refractivity contribution in [2.45, 2.75) is 6.92 Å². The van der Waals surface area contributed by atoms with Gasteiger partial charge in [0.25, 0.3) is 0 Å². The number of benzene rings is 2. The quantitative estimate of drug-likeness (QED) is 0.524. The summed E-state index contributed by atoms with van der Waals surface area (Å²) in [5.74, 6) is 2.21. The van der Waals surface area contributed by atoms with Crippen LogP contribution in [0.4, 0.5) is 17.2 Å². The molecule has 0 spiro atoms. The maximum atomic E-state index is 11.7. The zero-order chi connectivity index (χ0) is 21.5. The van der Waals surface area contributed by atoms with E-state index in [-0.39, 0.29) is 12.7 Å². The minimum Gasteiger partial charge on any atom is -0.454 e. The third kappa shape index (κ3) is 3.44. The van der Waals surface area contributed by atoms with E-state index in [0.717, 1.165) is 50.9 Å². The Balaban J connectivity index is 1.48. The number of fused-ring (bicyclic) bond motifs is 2. The predicted octanol–water partition coefficient (Wildman–Crippen LogP) is 4.70. The van der Waals surface area contributed by atoms with E-state index in [1.807, 2.05) is 61.8 Å². The van der Waals surface area contributed by atoms with Gasteiger partial charge in [-0.2, -0.15) is 0 Å². The first kappa shape index (κ1) is 19.0. The molecular weight excluding hydrogens is 392 g/mol. The van der Waals surface area contributed by atoms with E-state index in [2.05, 4.69) is 20.9 Å². The summed E-state index contributed by atoms with van der Waals surface area (Å²) in [4.78, 5) is 17.9. The van der Waals surface area contributed by atoms with E-state index >= 15 is 0 Å². The van der Waals surface area contributed by atoms with Gasteiger partial charge in [0.15, 0.2) is 11.5 Å². The zero-order valence-corrected chi connectivity index (χ0v) is 17.5. The van der Waals surface area contributed by atoms with Gasteiger partial charge in [-0.1, -0.05) is 12.1 Å². The molecule has 0 saturated carbocycles. The van der Waals surface area contributed by atoms with Crippen molar-refractivity contribution in [1.29, 1.82) is 0 Å². The molecular formula is C24H22N4O3. The Morgan fingerprint density at radius 2 is 1.94 bits per heavy atom. The number of nitrogens with one attached hydrogen (secondary N) is 1. The van der Waals surface area contributed by atoms with Crippen LogP contribution in [-0.4, -0.2) is 29.3 Å². The predicted molar refractivity (Wildman–Crippen MR) is 121 cm³/mol. The molecule has 0 unspecified atom stereocenters. The minimum absolute atomic E-state index is 0.00220. The number of ether oxygens (including phenoxy) is 2. The lowest BCUT2D eigenvalue weighted by Gasteiger charge is -2.16. The van der Waals surface area contributed by atoms with Gasteiger partial charge >= 0.3 is 0 Å². The third-order valence-electron chi connectivity index (χ3n) is 5.57. The second-order valence-corrected chi connectivity index (χ2v) is 7.54. The summed E-state index contributed by atoms with van der Waals surface area (Å²) in [6, 6.07) is 17.8. The summed E-state index contributed by atoms with van der Waals surface area (Å²) in [7, 11) is 3.81. The van der Waals surface area contributed by atoms with Gasteiger partial charge in [0.2, 0.25) is 12.7 Å². The Bertz CT molecular complexity index is 1310. The van der Waals surface area contributed by atoms with E-state index in [1.165, 1.54) is 0 Å². The van der Waals surface area contributed by atoms with Gasteiger partial charge in [-0.15, -0.1) is 0 Å². The summed E-state index contributed by atoms with van der Waals surface area (Å²) < 4.78 is 12.9. The molecule has 1 aliphatic heterocycles. The van der Waals surface area contributed by atoms with E-state index < -0.39 is 0 Å². The summed E-state index contributed by atoms with van der Waals surface area (Å²) in [6.07, 6.45) is 1.86. The molecule has 7 heteroatoms. The molecule has 0 saturated heterocycles. The van der Waals surface area contributed by atoms with Crippen LogP contribution in [0.5, 0.6) is 11.5 Å². The van der Waals surface area contributed by atoms with Crippen molar-refractivity contribution in [2.75, 3.05) is 24.1 Å². The topological polar surface area (TPSA) is 68.6 Å². The molecule has 1 N–H and O–H groups in total. The van der Waals surface area contributed by atoms with E-state index in [4.69, 9.17) is 9.47 Å². The lowest BCUT2D eigenvalue weighted by atomic mass is 10.1. The second-order valence-electron chi connectivity index (χ2n) is 7.54. The Morgan fingerprint density at radius 3 is 2.77 bits per heavy atom. The van der Waals surface area contributed by atoms with Gasteiger partial charge in [0.05, 0.1) is 5.52 Å². The molecule has 1 amide bonds. The average Bonchev–Trinajstić information content (AvgIpc) is 3.37. The molecule has 5 rings (SSSR count). The highest BCUT2D eigenvalue weighted by Crippen LogP contribution is 2.35. The van der Waals surface area contributed by atoms with E-state index in [1.54, 1.807) is 18.9 Å². The molecule has 2 aromatic heterocycles. The van der Waals surface area contributed by atoms with Crippen LogP contribution in [0.1, 0.15) is 6.92 Å². The van der Waals surface area contributed by atoms with Crippen molar-refractivity contribution in [2.24, 2.45) is 7.05 Å². The molecule has 0 fully saturated rings. The van der Waals surface area contributed by atoms with Crippen LogP contribution < -0.4 is 19.7 Å². The van der Waals surface area contributed by atoms with Crippen LogP contribution in [0.3, 0.4) is 0 Å². The Morgan fingerprint density at radius 1 is 1.10 bits per heavy atom. The Hall–Kier alpha value is -4.00. The number of aryl methyl sites for hydroxylation is 1. The highest BCUT2D eigenvalue weighted by molar-refractivity contribution is 5.93. The first-order valence-corrected chi connectivity index (χ1v) is 9.96. The number of anilines is 3. The van der Waals surface area contributed by atoms with Gasteiger partial charge in [0.1, 0.15) is 5.82 Å². The molecule has 156 valence electrons. The summed E-state index contributed by atoms with van der Waals surface area (Å²) >= 11 is 0. The summed E-state index contributed by atoms with van der Waals surface area (Å²) in [6.45, 7) is 1.81. The van der Waals surface area contributed by atoms with E-state index in [0.29, 0.717) is 0 Å². The molecule has 2 aromatic carbocycles. The smallest absolute Gasteiger partial charge is 0.231 e. The third-order valence-corrected chi connectivity index (χ3v) is 5.57. The fourth-order valence-electron chi connectivity index (χ4n) is 3.75. The molecule has 0 radical (unpaired) electrons. The number of pyridine rings is 1. The maximum absolute atomic E-state index is 11.7. The highest BCUT2D eigenvalue weighted by atomic mass is 16.7. The van der Waals surface area contributed by atoms with Crippen LogP contribution in [0, 0.1) is 0 Å². The molecule has 3 heterocycles. The SMILES string of the molecule is CC(=O)N(C)c1cccc(-c2cc3cnc(Nc4ccc5c(c4)OCO5)cc3n2C)c1. The van der Waals surface area contributed by atoms with E-state index in [9.17, 15) is 4.79 Å². The molecule has 4 aromatic rings. The second kappa shape index (κ2) is 7.36. The lowest BCUT2D eigenvalue weighted by Crippen LogP contribution is -2.22. The Kier molecular flexibility index (Phi) is 4.51. The fourth-order valence-corrected chi connectivity index (χ4v) is 3.75. The van der Waals surface area contributed by atoms with Crippen LogP contribution in [0.25, 0.3) is 22.2 Å². The van der Waals surface area contributed by atoms with Gasteiger partial charge < -0.3 is 24.3 Å². The normalized spacial score (nSPS) is 12.2. The number of hydrogen-bond donors (Lipinski definition) is 1. The van der Waals surface area contributed by atoms with Crippen LogP contribution in [0.2, 0.25) is 0 Å². The average molecular weight is 414 g/mol. The number of amides is 1. The van der Waals surface area contributed by atoms with Gasteiger partial charge in [0, 0.05) is 67.4 Å². The number of aromatic nitrogens is 2. The van der Waals surface area contributed by atoms with Crippen molar-refractivity contribution in [3.63, 3.8) is 0 Å². The lowest BCUT2D eigenvalue weighted by molar-refractivity contribution is -0.116. The van der Waals surface area contributed by atoms with Crippen molar-refractivity contribution >= 4 is 34.0 Å². The fraction of sp³-hybridized carbons (Fsp3) is 0.167. The van der Waals surface area contributed by atoms with Crippen molar-refractivity contribution in [3.8, 4) is 22.8 Å². The summed E-state index contributed by atoms with van der Waals surface area (Å²) in [5.41, 5.74) is 4.88. The number of carbonyl (C=O) groups is 1. The van der Waals surface area contributed by atoms with Gasteiger partial charge in [-0.25, -0.2) is 4.98 Å². The number of rotatable bonds is 4. The highest BCUT2D eigenvalue weighted by Gasteiger charge is 2.15. The molecule has 1 aliphatic rings. The Labute approximate surface area is 179 Å². The first-order chi connectivity index (χ1) is 15.0. The van der Waals surface area contributed by atoms with Crippen LogP contribution in [-0.2, 0) is 11.8 Å².